The first-order valence-electron chi connectivity index (χ1n) is 2.54. The Morgan fingerprint density at radius 3 is 2.40 bits per heavy atom. The zero-order valence-corrected chi connectivity index (χ0v) is 5.41. The lowest BCUT2D eigenvalue weighted by atomic mass is 10.6. The molecule has 0 saturated heterocycles. The van der Waals surface area contributed by atoms with Crippen molar-refractivity contribution in [2.24, 2.45) is 0 Å². The van der Waals surface area contributed by atoms with Crippen LogP contribution in [0.1, 0.15) is 0 Å². The smallest absolute Gasteiger partial charge is 0.262 e. The second-order valence-electron chi connectivity index (χ2n) is 1.38. The molecule has 0 rings (SSSR count). The molecular formula is C6H8N2O2. The molecule has 0 heterocycles. The molecule has 0 saturated carbocycles. The molecule has 0 atom stereocenters. The topological polar surface area (TPSA) is 49.4 Å². The van der Waals surface area contributed by atoms with E-state index in [1.165, 1.54) is 6.20 Å². The van der Waals surface area contributed by atoms with Crippen molar-refractivity contribution in [1.82, 2.24) is 10.4 Å². The van der Waals surface area contributed by atoms with Gasteiger partial charge in [-0.2, -0.15) is 0 Å². The number of hydrogen-bond donors (Lipinski definition) is 1. The molecule has 0 bridgehead atoms. The summed E-state index contributed by atoms with van der Waals surface area (Å²) in [6.07, 6.45) is 2.66. The molecule has 0 aromatic carbocycles. The van der Waals surface area contributed by atoms with Gasteiger partial charge in [0.25, 0.3) is 5.91 Å². The van der Waals surface area contributed by atoms with Gasteiger partial charge in [0.2, 0.25) is 6.41 Å². The van der Waals surface area contributed by atoms with Crippen molar-refractivity contribution in [1.29, 1.82) is 0 Å². The summed E-state index contributed by atoms with van der Waals surface area (Å²) in [4.78, 5) is 20.5. The second kappa shape index (κ2) is 4.31. The maximum atomic E-state index is 10.5. The first kappa shape index (κ1) is 8.42. The number of carbonyl (C=O) groups excluding carboxylic acids is 2. The van der Waals surface area contributed by atoms with Gasteiger partial charge in [-0.3, -0.25) is 15.0 Å². The van der Waals surface area contributed by atoms with E-state index in [0.717, 1.165) is 11.1 Å². The minimum atomic E-state index is -0.452. The lowest BCUT2D eigenvalue weighted by molar-refractivity contribution is -0.127. The van der Waals surface area contributed by atoms with Crippen LogP contribution in [0.15, 0.2) is 25.4 Å². The van der Waals surface area contributed by atoms with Gasteiger partial charge in [-0.05, 0) is 6.08 Å². The number of carbonyl (C=O) groups is 2. The highest BCUT2D eigenvalue weighted by atomic mass is 16.2. The van der Waals surface area contributed by atoms with Crippen molar-refractivity contribution in [3.05, 3.63) is 25.4 Å². The van der Waals surface area contributed by atoms with E-state index in [1.807, 2.05) is 0 Å². The lowest BCUT2D eigenvalue weighted by Crippen LogP contribution is -2.35. The van der Waals surface area contributed by atoms with Gasteiger partial charge in [-0.25, -0.2) is 5.01 Å². The van der Waals surface area contributed by atoms with E-state index in [2.05, 4.69) is 18.6 Å². The van der Waals surface area contributed by atoms with Crippen LogP contribution in [0.4, 0.5) is 0 Å². The Bertz CT molecular complexity index is 157. The average molecular weight is 140 g/mol. The van der Waals surface area contributed by atoms with Crippen LogP contribution in [-0.4, -0.2) is 17.3 Å². The monoisotopic (exact) mass is 140 g/mol. The quantitative estimate of drug-likeness (QED) is 0.334. The van der Waals surface area contributed by atoms with Crippen molar-refractivity contribution in [3.8, 4) is 0 Å². The third-order valence-corrected chi connectivity index (χ3v) is 0.735. The molecule has 0 aliphatic carbocycles. The van der Waals surface area contributed by atoms with E-state index in [9.17, 15) is 9.59 Å². The Morgan fingerprint density at radius 1 is 1.50 bits per heavy atom. The van der Waals surface area contributed by atoms with Crippen molar-refractivity contribution < 1.29 is 9.59 Å². The van der Waals surface area contributed by atoms with E-state index < -0.39 is 5.91 Å². The number of rotatable bonds is 4. The number of nitrogens with one attached hydrogen (secondary N) is 1. The second-order valence-corrected chi connectivity index (χ2v) is 1.38. The Balaban J connectivity index is 3.84. The normalized spacial score (nSPS) is 7.60. The predicted molar refractivity (Wildman–Crippen MR) is 36.4 cm³/mol. The highest BCUT2D eigenvalue weighted by molar-refractivity contribution is 5.87. The summed E-state index contributed by atoms with van der Waals surface area (Å²) in [5.74, 6) is -0.452. The number of amides is 2. The first-order valence-corrected chi connectivity index (χ1v) is 2.54. The van der Waals surface area contributed by atoms with Crippen molar-refractivity contribution in [2.45, 2.75) is 0 Å². The van der Waals surface area contributed by atoms with Crippen LogP contribution >= 0.6 is 0 Å². The number of hydrazine groups is 1. The minimum Gasteiger partial charge on any atom is -0.276 e. The summed E-state index contributed by atoms with van der Waals surface area (Å²) >= 11 is 0. The molecule has 4 nitrogen and oxygen atoms in total. The van der Waals surface area contributed by atoms with Crippen molar-refractivity contribution in [3.63, 3.8) is 0 Å². The molecule has 0 unspecified atom stereocenters. The van der Waals surface area contributed by atoms with Crippen LogP contribution in [0.3, 0.4) is 0 Å². The summed E-state index contributed by atoms with van der Waals surface area (Å²) in [6.45, 7) is 6.46. The summed E-state index contributed by atoms with van der Waals surface area (Å²) in [5.41, 5.74) is 2.16. The van der Waals surface area contributed by atoms with Crippen LogP contribution in [0.5, 0.6) is 0 Å². The third-order valence-electron chi connectivity index (χ3n) is 0.735. The molecule has 0 fully saturated rings. The number of nitrogens with zero attached hydrogens (tertiary/aromatic N) is 1. The molecule has 0 aromatic heterocycles. The zero-order chi connectivity index (χ0) is 7.98. The average Bonchev–Trinajstić information content (AvgIpc) is 1.99. The van der Waals surface area contributed by atoms with Crippen molar-refractivity contribution in [2.75, 3.05) is 0 Å². The summed E-state index contributed by atoms with van der Waals surface area (Å²) in [6, 6.07) is 0. The minimum absolute atomic E-state index is 0.425. The van der Waals surface area contributed by atoms with Crippen LogP contribution in [0.2, 0.25) is 0 Å². The molecule has 1 N–H and O–H groups in total. The van der Waals surface area contributed by atoms with E-state index >= 15 is 0 Å². The molecule has 10 heavy (non-hydrogen) atoms. The highest BCUT2D eigenvalue weighted by Gasteiger charge is 1.96. The van der Waals surface area contributed by atoms with E-state index in [0.29, 0.717) is 6.41 Å². The lowest BCUT2D eigenvalue weighted by Gasteiger charge is -2.09. The molecule has 0 aliphatic heterocycles. The fourth-order valence-electron chi connectivity index (χ4n) is 0.288. The third kappa shape index (κ3) is 2.66. The molecule has 4 heteroatoms. The predicted octanol–water partition coefficient (Wildman–Crippen LogP) is -0.195. The maximum absolute atomic E-state index is 10.5. The molecule has 0 spiro atoms. The zero-order valence-electron chi connectivity index (χ0n) is 5.41. The number of hydrogen-bond acceptors (Lipinski definition) is 2. The summed E-state index contributed by atoms with van der Waals surface area (Å²) in [5, 5.41) is 0.893. The molecular weight excluding hydrogens is 132 g/mol. The molecule has 0 radical (unpaired) electrons. The van der Waals surface area contributed by atoms with Gasteiger partial charge in [0.05, 0.1) is 0 Å². The van der Waals surface area contributed by atoms with Gasteiger partial charge in [0.1, 0.15) is 0 Å². The standard InChI is InChI=1S/C6H8N2O2/c1-3-6(10)7-8(4-2)5-9/h3-5H,1-2H2,(H,7,10). The summed E-state index contributed by atoms with van der Waals surface area (Å²) < 4.78 is 0. The van der Waals surface area contributed by atoms with E-state index in [-0.39, 0.29) is 0 Å². The SMILES string of the molecule is C=CC(=O)NN(C=C)C=O. The molecule has 0 aliphatic rings. The van der Waals surface area contributed by atoms with Gasteiger partial charge in [-0.1, -0.05) is 13.2 Å². The van der Waals surface area contributed by atoms with Gasteiger partial charge in [0, 0.05) is 6.20 Å². The first-order chi connectivity index (χ1) is 4.74. The fourth-order valence-corrected chi connectivity index (χ4v) is 0.288. The van der Waals surface area contributed by atoms with Gasteiger partial charge < -0.3 is 0 Å². The van der Waals surface area contributed by atoms with Gasteiger partial charge in [-0.15, -0.1) is 0 Å². The Kier molecular flexibility index (Phi) is 3.63. The summed E-state index contributed by atoms with van der Waals surface area (Å²) in [7, 11) is 0. The van der Waals surface area contributed by atoms with E-state index in [4.69, 9.17) is 0 Å². The van der Waals surface area contributed by atoms with Crippen LogP contribution in [0, 0.1) is 0 Å². The van der Waals surface area contributed by atoms with Crippen LogP contribution in [0.25, 0.3) is 0 Å². The Morgan fingerprint density at radius 2 is 2.10 bits per heavy atom. The Hall–Kier alpha value is -1.58. The van der Waals surface area contributed by atoms with Crippen LogP contribution < -0.4 is 5.43 Å². The van der Waals surface area contributed by atoms with Gasteiger partial charge >= 0.3 is 0 Å². The van der Waals surface area contributed by atoms with Gasteiger partial charge in [0.15, 0.2) is 0 Å². The maximum Gasteiger partial charge on any atom is 0.262 e. The van der Waals surface area contributed by atoms with Crippen LogP contribution in [-0.2, 0) is 9.59 Å². The van der Waals surface area contributed by atoms with Crippen molar-refractivity contribution >= 4 is 12.3 Å². The fraction of sp³-hybridized carbons (Fsp3) is 0. The highest BCUT2D eigenvalue weighted by Crippen LogP contribution is 1.75. The van der Waals surface area contributed by atoms with E-state index in [1.54, 1.807) is 0 Å². The molecule has 2 amide bonds. The molecule has 54 valence electrons. The Labute approximate surface area is 58.8 Å². The largest absolute Gasteiger partial charge is 0.276 e. The molecule has 0 aromatic rings.